The molecule has 136 valence electrons. The molecular weight excluding hydrogens is 332 g/mol. The number of hydrogen-bond acceptors (Lipinski definition) is 5. The van der Waals surface area contributed by atoms with Gasteiger partial charge in [-0.3, -0.25) is 19.2 Å². The number of nitrogens with zero attached hydrogens (tertiary/aromatic N) is 3. The summed E-state index contributed by atoms with van der Waals surface area (Å²) in [5, 5.41) is 7.69. The first kappa shape index (κ1) is 17.9. The Labute approximate surface area is 151 Å². The van der Waals surface area contributed by atoms with E-state index < -0.39 is 0 Å². The summed E-state index contributed by atoms with van der Waals surface area (Å²) in [6, 6.07) is 11.0. The van der Waals surface area contributed by atoms with Crippen molar-refractivity contribution >= 4 is 16.8 Å². The molecule has 0 aliphatic carbocycles. The molecule has 0 spiro atoms. The lowest BCUT2D eigenvalue weighted by atomic mass is 10.2. The smallest absolute Gasteiger partial charge is 0.221 e. The number of carbonyl (C=O) groups is 1. The summed E-state index contributed by atoms with van der Waals surface area (Å²) in [7, 11) is 3.88. The molecule has 7 nitrogen and oxygen atoms in total. The molecule has 3 aromatic rings. The van der Waals surface area contributed by atoms with E-state index in [0.29, 0.717) is 18.5 Å². The molecule has 1 unspecified atom stereocenters. The summed E-state index contributed by atoms with van der Waals surface area (Å²) < 4.78 is 7.13. The first-order chi connectivity index (χ1) is 12.6. The van der Waals surface area contributed by atoms with Crippen LogP contribution in [-0.2, 0) is 11.3 Å². The van der Waals surface area contributed by atoms with E-state index in [1.54, 1.807) is 17.0 Å². The highest BCUT2D eigenvalue weighted by molar-refractivity contribution is 5.79. The third-order valence-electron chi connectivity index (χ3n) is 4.30. The largest absolute Gasteiger partial charge is 0.468 e. The minimum atomic E-state index is -0.117. The molecule has 7 heteroatoms. The highest BCUT2D eigenvalue weighted by Crippen LogP contribution is 2.17. The number of fused-ring (bicyclic) bond motifs is 1. The number of furan rings is 1. The lowest BCUT2D eigenvalue weighted by Gasteiger charge is -2.22. The molecule has 0 radical (unpaired) electrons. The van der Waals surface area contributed by atoms with Crippen LogP contribution in [0.5, 0.6) is 0 Å². The van der Waals surface area contributed by atoms with Gasteiger partial charge in [0.15, 0.2) is 0 Å². The summed E-state index contributed by atoms with van der Waals surface area (Å²) in [6.45, 7) is 0.859. The van der Waals surface area contributed by atoms with Gasteiger partial charge in [0.2, 0.25) is 11.3 Å². The number of para-hydroxylation sites is 1. The van der Waals surface area contributed by atoms with Crippen molar-refractivity contribution in [3.63, 3.8) is 0 Å². The second-order valence-corrected chi connectivity index (χ2v) is 6.30. The summed E-state index contributed by atoms with van der Waals surface area (Å²) in [4.78, 5) is 26.1. The second-order valence-electron chi connectivity index (χ2n) is 6.30. The zero-order valence-corrected chi connectivity index (χ0v) is 14.9. The van der Waals surface area contributed by atoms with Gasteiger partial charge in [0, 0.05) is 18.4 Å². The molecular formula is C19H22N4O3. The van der Waals surface area contributed by atoms with E-state index in [2.05, 4.69) is 10.4 Å². The van der Waals surface area contributed by atoms with Crippen molar-refractivity contribution in [3.05, 3.63) is 64.8 Å². The van der Waals surface area contributed by atoms with Crippen molar-refractivity contribution in [2.45, 2.75) is 19.0 Å². The lowest BCUT2D eigenvalue weighted by Crippen LogP contribution is -2.34. The summed E-state index contributed by atoms with van der Waals surface area (Å²) >= 11 is 0. The molecule has 0 fully saturated rings. The van der Waals surface area contributed by atoms with Crippen LogP contribution < -0.4 is 10.7 Å². The third kappa shape index (κ3) is 4.00. The highest BCUT2D eigenvalue weighted by Gasteiger charge is 2.17. The van der Waals surface area contributed by atoms with Crippen LogP contribution in [0.2, 0.25) is 0 Å². The fourth-order valence-corrected chi connectivity index (χ4v) is 2.86. The monoisotopic (exact) mass is 354 g/mol. The van der Waals surface area contributed by atoms with Gasteiger partial charge in [-0.25, -0.2) is 0 Å². The molecule has 2 heterocycles. The minimum absolute atomic E-state index is 0.0275. The summed E-state index contributed by atoms with van der Waals surface area (Å²) in [6.07, 6.45) is 3.19. The Morgan fingerprint density at radius 3 is 2.81 bits per heavy atom. The van der Waals surface area contributed by atoms with E-state index in [4.69, 9.17) is 4.42 Å². The number of hydrogen-bond donors (Lipinski definition) is 1. The van der Waals surface area contributed by atoms with Crippen molar-refractivity contribution in [3.8, 4) is 0 Å². The van der Waals surface area contributed by atoms with Crippen LogP contribution in [0.25, 0.3) is 10.9 Å². The Balaban J connectivity index is 1.61. The molecule has 0 saturated carbocycles. The standard InChI is InChI=1S/C19H22N4O3/c1-22(2)16(18-8-5-11-26-18)12-20-19(25)9-10-23-15-7-4-3-6-14(15)17(24)13-21-23/h3-8,11,13,16H,9-10,12H2,1-2H3,(H,20,25). The topological polar surface area (TPSA) is 80.4 Å². The van der Waals surface area contributed by atoms with Gasteiger partial charge < -0.3 is 9.73 Å². The van der Waals surface area contributed by atoms with Gasteiger partial charge in [-0.2, -0.15) is 5.10 Å². The molecule has 3 rings (SSSR count). The van der Waals surface area contributed by atoms with Crippen molar-refractivity contribution in [2.75, 3.05) is 20.6 Å². The van der Waals surface area contributed by atoms with E-state index in [-0.39, 0.29) is 23.8 Å². The van der Waals surface area contributed by atoms with Crippen LogP contribution in [0.3, 0.4) is 0 Å². The molecule has 26 heavy (non-hydrogen) atoms. The number of rotatable bonds is 7. The maximum absolute atomic E-state index is 12.3. The van der Waals surface area contributed by atoms with Gasteiger partial charge in [0.1, 0.15) is 5.76 Å². The molecule has 0 aliphatic rings. The zero-order valence-electron chi connectivity index (χ0n) is 14.9. The van der Waals surface area contributed by atoms with Gasteiger partial charge in [-0.1, -0.05) is 12.1 Å². The van der Waals surface area contributed by atoms with E-state index in [9.17, 15) is 9.59 Å². The van der Waals surface area contributed by atoms with Crippen LogP contribution >= 0.6 is 0 Å². The zero-order chi connectivity index (χ0) is 18.5. The van der Waals surface area contributed by atoms with E-state index >= 15 is 0 Å². The average molecular weight is 354 g/mol. The molecule has 1 amide bonds. The number of benzene rings is 1. The van der Waals surface area contributed by atoms with E-state index in [0.717, 1.165) is 11.3 Å². The van der Waals surface area contributed by atoms with Gasteiger partial charge in [0.05, 0.1) is 30.6 Å². The number of amides is 1. The Hall–Kier alpha value is -2.93. The average Bonchev–Trinajstić information content (AvgIpc) is 3.15. The SMILES string of the molecule is CN(C)C(CNC(=O)CCn1ncc(=O)c2ccccc21)c1ccco1. The van der Waals surface area contributed by atoms with Crippen LogP contribution in [0, 0.1) is 0 Å². The maximum Gasteiger partial charge on any atom is 0.221 e. The Bertz CT molecular complexity index is 931. The first-order valence-corrected chi connectivity index (χ1v) is 8.47. The van der Waals surface area contributed by atoms with Crippen molar-refractivity contribution in [2.24, 2.45) is 0 Å². The Kier molecular flexibility index (Phi) is 5.48. The fraction of sp³-hybridized carbons (Fsp3) is 0.316. The Morgan fingerprint density at radius 2 is 2.08 bits per heavy atom. The van der Waals surface area contributed by atoms with Gasteiger partial charge >= 0.3 is 0 Å². The van der Waals surface area contributed by atoms with Gasteiger partial charge in [-0.15, -0.1) is 0 Å². The fourth-order valence-electron chi connectivity index (χ4n) is 2.86. The molecule has 0 aliphatic heterocycles. The van der Waals surface area contributed by atoms with Crippen molar-refractivity contribution in [1.82, 2.24) is 20.0 Å². The number of aryl methyl sites for hydroxylation is 1. The number of aromatic nitrogens is 2. The molecule has 1 aromatic carbocycles. The number of nitrogens with one attached hydrogen (secondary N) is 1. The van der Waals surface area contributed by atoms with Gasteiger partial charge in [0.25, 0.3) is 0 Å². The summed E-state index contributed by atoms with van der Waals surface area (Å²) in [5.74, 6) is 0.733. The molecule has 1 atom stereocenters. The van der Waals surface area contributed by atoms with E-state index in [1.807, 2.05) is 49.3 Å². The van der Waals surface area contributed by atoms with Crippen molar-refractivity contribution < 1.29 is 9.21 Å². The van der Waals surface area contributed by atoms with Gasteiger partial charge in [-0.05, 0) is 38.4 Å². The van der Waals surface area contributed by atoms with Crippen LogP contribution in [0.1, 0.15) is 18.2 Å². The molecule has 0 bridgehead atoms. The number of carbonyl (C=O) groups excluding carboxylic acids is 1. The first-order valence-electron chi connectivity index (χ1n) is 8.47. The quantitative estimate of drug-likeness (QED) is 0.700. The third-order valence-corrected chi connectivity index (χ3v) is 4.30. The minimum Gasteiger partial charge on any atom is -0.468 e. The molecule has 1 N–H and O–H groups in total. The Morgan fingerprint density at radius 1 is 1.27 bits per heavy atom. The molecule has 2 aromatic heterocycles. The lowest BCUT2D eigenvalue weighted by molar-refractivity contribution is -0.121. The van der Waals surface area contributed by atoms with Crippen LogP contribution in [-0.4, -0.2) is 41.2 Å². The second kappa shape index (κ2) is 7.97. The number of likely N-dealkylation sites (N-methyl/N-ethyl adjacent to an activating group) is 1. The van der Waals surface area contributed by atoms with E-state index in [1.165, 1.54) is 6.20 Å². The van der Waals surface area contributed by atoms with Crippen molar-refractivity contribution in [1.29, 1.82) is 0 Å². The van der Waals surface area contributed by atoms with Crippen LogP contribution in [0.15, 0.2) is 58.1 Å². The molecule has 0 saturated heterocycles. The van der Waals surface area contributed by atoms with Crippen LogP contribution in [0.4, 0.5) is 0 Å². The maximum atomic E-state index is 12.3. The normalized spacial score (nSPS) is 12.4. The predicted octanol–water partition coefficient (Wildman–Crippen LogP) is 1.80. The summed E-state index contributed by atoms with van der Waals surface area (Å²) in [5.41, 5.74) is 0.614. The highest BCUT2D eigenvalue weighted by atomic mass is 16.3. The predicted molar refractivity (Wildman–Crippen MR) is 98.8 cm³/mol.